The average molecular weight is 301 g/mol. The number of amidine groups is 1. The summed E-state index contributed by atoms with van der Waals surface area (Å²) in [5, 5.41) is 6.96. The lowest BCUT2D eigenvalue weighted by Crippen LogP contribution is -2.09. The van der Waals surface area contributed by atoms with Crippen molar-refractivity contribution >= 4 is 28.1 Å². The Morgan fingerprint density at radius 2 is 1.74 bits per heavy atom. The van der Waals surface area contributed by atoms with Gasteiger partial charge in [0.15, 0.2) is 11.6 Å². The molecule has 3 N–H and O–H groups in total. The van der Waals surface area contributed by atoms with Crippen LogP contribution in [0.25, 0.3) is 0 Å². The molecule has 0 saturated heterocycles. The third kappa shape index (κ3) is 2.97. The number of hydrogen-bond donors (Lipinski definition) is 2. The summed E-state index contributed by atoms with van der Waals surface area (Å²) >= 11 is 0. The highest BCUT2D eigenvalue weighted by atomic mass is 35.5. The zero-order chi connectivity index (χ0) is 13.3. The van der Waals surface area contributed by atoms with Crippen molar-refractivity contribution in [2.24, 2.45) is 5.73 Å². The van der Waals surface area contributed by atoms with Gasteiger partial charge < -0.3 is 10.2 Å². The van der Waals surface area contributed by atoms with E-state index in [2.05, 4.69) is 0 Å². The standard InChI is InChI=1S/C12H12N2O3S.ClH/c1-8-2-4-9(5-3-8)18(15,16)11-7-6-10(17-11)12(13)14;/h2-7H,1H3,(H3,13,14);1H. The number of benzene rings is 1. The molecule has 0 spiro atoms. The zero-order valence-corrected chi connectivity index (χ0v) is 11.7. The maximum atomic E-state index is 12.2. The molecule has 1 aromatic heterocycles. The number of nitrogen functional groups attached to an aromatic ring is 1. The monoisotopic (exact) mass is 300 g/mol. The van der Waals surface area contributed by atoms with Crippen LogP contribution in [-0.4, -0.2) is 14.3 Å². The van der Waals surface area contributed by atoms with Crippen molar-refractivity contribution in [1.82, 2.24) is 0 Å². The Kier molecular flexibility index (Phi) is 4.39. The summed E-state index contributed by atoms with van der Waals surface area (Å²) in [6.07, 6.45) is 0. The van der Waals surface area contributed by atoms with Crippen molar-refractivity contribution in [2.75, 3.05) is 0 Å². The highest BCUT2D eigenvalue weighted by molar-refractivity contribution is 7.91. The number of sulfone groups is 1. The van der Waals surface area contributed by atoms with E-state index in [4.69, 9.17) is 15.6 Å². The minimum atomic E-state index is -3.69. The van der Waals surface area contributed by atoms with Crippen LogP contribution in [0, 0.1) is 12.3 Å². The summed E-state index contributed by atoms with van der Waals surface area (Å²) in [7, 11) is -3.69. The predicted octanol–water partition coefficient (Wildman–Crippen LogP) is 2.13. The highest BCUT2D eigenvalue weighted by Crippen LogP contribution is 2.22. The lowest BCUT2D eigenvalue weighted by atomic mass is 10.2. The molecule has 0 aliphatic carbocycles. The zero-order valence-electron chi connectivity index (χ0n) is 10.1. The Hall–Kier alpha value is -1.79. The Morgan fingerprint density at radius 1 is 1.16 bits per heavy atom. The first-order chi connectivity index (χ1) is 8.41. The molecule has 0 bridgehead atoms. The average Bonchev–Trinajstić information content (AvgIpc) is 2.79. The minimum Gasteiger partial charge on any atom is -0.441 e. The van der Waals surface area contributed by atoms with E-state index in [0.29, 0.717) is 0 Å². The molecule has 0 aliphatic heterocycles. The van der Waals surface area contributed by atoms with Gasteiger partial charge in [0.1, 0.15) is 0 Å². The van der Waals surface area contributed by atoms with Crippen LogP contribution in [0.3, 0.4) is 0 Å². The summed E-state index contributed by atoms with van der Waals surface area (Å²) in [5.74, 6) is -0.263. The van der Waals surface area contributed by atoms with Crippen molar-refractivity contribution in [3.8, 4) is 0 Å². The molecule has 0 fully saturated rings. The molecule has 0 radical (unpaired) electrons. The maximum absolute atomic E-state index is 12.2. The van der Waals surface area contributed by atoms with E-state index in [1.54, 1.807) is 12.1 Å². The van der Waals surface area contributed by atoms with Crippen molar-refractivity contribution in [2.45, 2.75) is 16.9 Å². The Bertz CT molecular complexity index is 690. The van der Waals surface area contributed by atoms with E-state index < -0.39 is 9.84 Å². The number of furan rings is 1. The van der Waals surface area contributed by atoms with Crippen LogP contribution in [0.15, 0.2) is 50.8 Å². The molecule has 7 heteroatoms. The molecule has 1 heterocycles. The van der Waals surface area contributed by atoms with Crippen LogP contribution in [0.2, 0.25) is 0 Å². The van der Waals surface area contributed by atoms with Crippen LogP contribution < -0.4 is 5.73 Å². The molecular formula is C12H13ClN2O3S. The second-order valence-corrected chi connectivity index (χ2v) is 5.73. The Morgan fingerprint density at radius 3 is 2.21 bits per heavy atom. The van der Waals surface area contributed by atoms with Crippen LogP contribution in [0.1, 0.15) is 11.3 Å². The second-order valence-electron chi connectivity index (χ2n) is 3.85. The van der Waals surface area contributed by atoms with Crippen molar-refractivity contribution < 1.29 is 12.8 Å². The smallest absolute Gasteiger partial charge is 0.239 e. The second kappa shape index (κ2) is 5.46. The lowest BCUT2D eigenvalue weighted by Gasteiger charge is -2.01. The molecule has 1 aromatic carbocycles. The molecule has 19 heavy (non-hydrogen) atoms. The maximum Gasteiger partial charge on any atom is 0.239 e. The Labute approximate surface area is 117 Å². The number of halogens is 1. The summed E-state index contributed by atoms with van der Waals surface area (Å²) in [4.78, 5) is 0.151. The van der Waals surface area contributed by atoms with Crippen molar-refractivity contribution in [3.63, 3.8) is 0 Å². The first-order valence-electron chi connectivity index (χ1n) is 5.17. The molecule has 0 unspecified atom stereocenters. The predicted molar refractivity (Wildman–Crippen MR) is 73.6 cm³/mol. The molecule has 5 nitrogen and oxygen atoms in total. The van der Waals surface area contributed by atoms with E-state index in [1.165, 1.54) is 24.3 Å². The molecule has 2 aromatic rings. The van der Waals surface area contributed by atoms with E-state index in [-0.39, 0.29) is 34.0 Å². The number of rotatable bonds is 3. The number of nitrogens with one attached hydrogen (secondary N) is 1. The van der Waals surface area contributed by atoms with Gasteiger partial charge in [-0.2, -0.15) is 0 Å². The van der Waals surface area contributed by atoms with Crippen molar-refractivity contribution in [1.29, 1.82) is 5.41 Å². The largest absolute Gasteiger partial charge is 0.441 e. The van der Waals surface area contributed by atoms with Gasteiger partial charge in [-0.1, -0.05) is 17.7 Å². The van der Waals surface area contributed by atoms with Gasteiger partial charge in [-0.3, -0.25) is 5.41 Å². The first kappa shape index (κ1) is 15.3. The summed E-state index contributed by atoms with van der Waals surface area (Å²) in [6.45, 7) is 1.87. The minimum absolute atomic E-state index is 0. The SMILES string of the molecule is Cc1ccc(S(=O)(=O)c2ccc(C(=N)N)o2)cc1.Cl. The van der Waals surface area contributed by atoms with Gasteiger partial charge in [-0.15, -0.1) is 12.4 Å². The molecule has 2 rings (SSSR count). The van der Waals surface area contributed by atoms with E-state index in [0.717, 1.165) is 5.56 Å². The number of nitrogens with two attached hydrogens (primary N) is 1. The fourth-order valence-electron chi connectivity index (χ4n) is 1.44. The number of hydrogen-bond acceptors (Lipinski definition) is 4. The van der Waals surface area contributed by atoms with Crippen LogP contribution in [-0.2, 0) is 9.84 Å². The number of aryl methyl sites for hydroxylation is 1. The van der Waals surface area contributed by atoms with Crippen molar-refractivity contribution in [3.05, 3.63) is 47.7 Å². The van der Waals surface area contributed by atoms with Crippen LogP contribution in [0.5, 0.6) is 0 Å². The molecule has 0 aliphatic rings. The quantitative estimate of drug-likeness (QED) is 0.670. The molecule has 102 valence electrons. The fourth-order valence-corrected chi connectivity index (χ4v) is 2.62. The van der Waals surface area contributed by atoms with Gasteiger partial charge in [-0.25, -0.2) is 8.42 Å². The van der Waals surface area contributed by atoms with Gasteiger partial charge in [0.25, 0.3) is 0 Å². The van der Waals surface area contributed by atoms with E-state index in [9.17, 15) is 8.42 Å². The summed E-state index contributed by atoms with van der Waals surface area (Å²) in [6, 6.07) is 9.11. The van der Waals surface area contributed by atoms with Crippen LogP contribution in [0.4, 0.5) is 0 Å². The normalized spacial score (nSPS) is 10.8. The van der Waals surface area contributed by atoms with E-state index in [1.807, 2.05) is 6.92 Å². The highest BCUT2D eigenvalue weighted by Gasteiger charge is 2.22. The van der Waals surface area contributed by atoms with Gasteiger partial charge in [0.2, 0.25) is 14.9 Å². The molecule has 0 amide bonds. The van der Waals surface area contributed by atoms with E-state index >= 15 is 0 Å². The Balaban J connectivity index is 0.00000180. The molecule has 0 atom stereocenters. The fraction of sp³-hybridized carbons (Fsp3) is 0.0833. The lowest BCUT2D eigenvalue weighted by molar-refractivity contribution is 0.443. The third-order valence-electron chi connectivity index (χ3n) is 2.44. The molecule has 0 saturated carbocycles. The molecular weight excluding hydrogens is 288 g/mol. The van der Waals surface area contributed by atoms with Gasteiger partial charge in [0.05, 0.1) is 4.90 Å². The van der Waals surface area contributed by atoms with Gasteiger partial charge in [-0.05, 0) is 31.2 Å². The topological polar surface area (TPSA) is 97.2 Å². The van der Waals surface area contributed by atoms with Crippen LogP contribution >= 0.6 is 12.4 Å². The van der Waals surface area contributed by atoms with Gasteiger partial charge >= 0.3 is 0 Å². The third-order valence-corrected chi connectivity index (χ3v) is 4.08. The summed E-state index contributed by atoms with van der Waals surface area (Å²) in [5.41, 5.74) is 6.19. The van der Waals surface area contributed by atoms with Gasteiger partial charge in [0, 0.05) is 0 Å². The summed E-state index contributed by atoms with van der Waals surface area (Å²) < 4.78 is 29.4. The first-order valence-corrected chi connectivity index (χ1v) is 6.65.